The van der Waals surface area contributed by atoms with E-state index in [2.05, 4.69) is 4.72 Å². The Morgan fingerprint density at radius 2 is 1.89 bits per heavy atom. The van der Waals surface area contributed by atoms with E-state index in [9.17, 15) is 13.5 Å². The lowest BCUT2D eigenvalue weighted by atomic mass is 10.0. The average Bonchev–Trinajstić information content (AvgIpc) is 2.25. The summed E-state index contributed by atoms with van der Waals surface area (Å²) in [5, 5.41) is 9.97. The molecule has 1 aromatic rings. The number of nitrogens with one attached hydrogen (secondary N) is 1. The van der Waals surface area contributed by atoms with E-state index in [0.29, 0.717) is 0 Å². The molecule has 0 bridgehead atoms. The first kappa shape index (κ1) is 15.1. The van der Waals surface area contributed by atoms with Crippen molar-refractivity contribution in [2.24, 2.45) is 5.92 Å². The molecule has 0 aliphatic carbocycles. The van der Waals surface area contributed by atoms with E-state index in [1.807, 2.05) is 39.0 Å². The van der Waals surface area contributed by atoms with Gasteiger partial charge in [-0.2, -0.15) is 0 Å². The molecule has 1 atom stereocenters. The molecule has 0 amide bonds. The molecule has 102 valence electrons. The van der Waals surface area contributed by atoms with Crippen LogP contribution in [0, 0.1) is 12.8 Å². The van der Waals surface area contributed by atoms with Crippen LogP contribution < -0.4 is 4.72 Å². The van der Waals surface area contributed by atoms with E-state index >= 15 is 0 Å². The van der Waals surface area contributed by atoms with Gasteiger partial charge >= 0.3 is 0 Å². The molecule has 5 heteroatoms. The highest BCUT2D eigenvalue weighted by Crippen LogP contribution is 2.16. The van der Waals surface area contributed by atoms with Crippen molar-refractivity contribution in [3.05, 3.63) is 35.4 Å². The van der Waals surface area contributed by atoms with Crippen molar-refractivity contribution < 1.29 is 13.5 Å². The standard InChI is InChI=1S/C13H21NO3S/c1-10(2)9-18(16,17)14-8-13(15)12-7-5-4-6-11(12)3/h4-7,10,13-15H,8-9H2,1-3H3. The van der Waals surface area contributed by atoms with Crippen LogP contribution >= 0.6 is 0 Å². The second-order valence-corrected chi connectivity index (χ2v) is 6.75. The van der Waals surface area contributed by atoms with E-state index in [1.54, 1.807) is 6.07 Å². The highest BCUT2D eigenvalue weighted by atomic mass is 32.2. The second-order valence-electron chi connectivity index (χ2n) is 4.90. The van der Waals surface area contributed by atoms with Crippen molar-refractivity contribution in [1.29, 1.82) is 0 Å². The molecule has 1 aromatic carbocycles. The Morgan fingerprint density at radius 1 is 1.28 bits per heavy atom. The van der Waals surface area contributed by atoms with Gasteiger partial charge in [0.15, 0.2) is 0 Å². The Bertz CT molecular complexity index is 483. The molecule has 0 spiro atoms. The normalized spacial score (nSPS) is 13.8. The van der Waals surface area contributed by atoms with Gasteiger partial charge in [-0.1, -0.05) is 38.1 Å². The maximum atomic E-state index is 11.6. The summed E-state index contributed by atoms with van der Waals surface area (Å²) in [5.41, 5.74) is 1.71. The van der Waals surface area contributed by atoms with Crippen LogP contribution in [0.2, 0.25) is 0 Å². The summed E-state index contributed by atoms with van der Waals surface area (Å²) in [7, 11) is -3.31. The predicted molar refractivity (Wildman–Crippen MR) is 72.8 cm³/mol. The lowest BCUT2D eigenvalue weighted by molar-refractivity contribution is 0.181. The lowest BCUT2D eigenvalue weighted by Crippen LogP contribution is -2.32. The van der Waals surface area contributed by atoms with Crippen molar-refractivity contribution in [2.45, 2.75) is 26.9 Å². The second kappa shape index (κ2) is 6.31. The first-order valence-corrected chi connectivity index (χ1v) is 7.68. The van der Waals surface area contributed by atoms with Crippen LogP contribution in [0.3, 0.4) is 0 Å². The fourth-order valence-electron chi connectivity index (χ4n) is 1.77. The SMILES string of the molecule is Cc1ccccc1C(O)CNS(=O)(=O)CC(C)C. The molecular weight excluding hydrogens is 250 g/mol. The number of hydrogen-bond acceptors (Lipinski definition) is 3. The van der Waals surface area contributed by atoms with Gasteiger partial charge < -0.3 is 5.11 Å². The highest BCUT2D eigenvalue weighted by molar-refractivity contribution is 7.89. The zero-order chi connectivity index (χ0) is 13.8. The van der Waals surface area contributed by atoms with E-state index in [-0.39, 0.29) is 18.2 Å². The Hall–Kier alpha value is -0.910. The fourth-order valence-corrected chi connectivity index (χ4v) is 3.18. The van der Waals surface area contributed by atoms with Gasteiger partial charge in [-0.25, -0.2) is 13.1 Å². The van der Waals surface area contributed by atoms with Crippen LogP contribution in [0.5, 0.6) is 0 Å². The molecular formula is C13H21NO3S. The zero-order valence-corrected chi connectivity index (χ0v) is 11.9. The molecule has 18 heavy (non-hydrogen) atoms. The zero-order valence-electron chi connectivity index (χ0n) is 11.1. The summed E-state index contributed by atoms with van der Waals surface area (Å²) in [6, 6.07) is 7.40. The van der Waals surface area contributed by atoms with Gasteiger partial charge in [0, 0.05) is 6.54 Å². The first-order chi connectivity index (χ1) is 8.32. The van der Waals surface area contributed by atoms with Gasteiger partial charge in [-0.3, -0.25) is 0 Å². The summed E-state index contributed by atoms with van der Waals surface area (Å²) < 4.78 is 25.7. The Balaban J connectivity index is 2.62. The minimum Gasteiger partial charge on any atom is -0.387 e. The lowest BCUT2D eigenvalue weighted by Gasteiger charge is -2.15. The highest BCUT2D eigenvalue weighted by Gasteiger charge is 2.16. The third kappa shape index (κ3) is 4.76. The molecule has 1 rings (SSSR count). The molecule has 0 aliphatic heterocycles. The van der Waals surface area contributed by atoms with Gasteiger partial charge in [-0.05, 0) is 24.0 Å². The minimum absolute atomic E-state index is 0.0138. The van der Waals surface area contributed by atoms with Crippen LogP contribution in [0.4, 0.5) is 0 Å². The van der Waals surface area contributed by atoms with E-state index in [1.165, 1.54) is 0 Å². The number of aliphatic hydroxyl groups is 1. The number of hydrogen-bond donors (Lipinski definition) is 2. The Labute approximate surface area is 109 Å². The average molecular weight is 271 g/mol. The van der Waals surface area contributed by atoms with E-state index < -0.39 is 16.1 Å². The van der Waals surface area contributed by atoms with Crippen molar-refractivity contribution in [3.63, 3.8) is 0 Å². The van der Waals surface area contributed by atoms with Crippen molar-refractivity contribution in [2.75, 3.05) is 12.3 Å². The van der Waals surface area contributed by atoms with Gasteiger partial charge in [0.2, 0.25) is 10.0 Å². The van der Waals surface area contributed by atoms with Crippen molar-refractivity contribution in [3.8, 4) is 0 Å². The van der Waals surface area contributed by atoms with Crippen molar-refractivity contribution >= 4 is 10.0 Å². The number of rotatable bonds is 6. The monoisotopic (exact) mass is 271 g/mol. The van der Waals surface area contributed by atoms with E-state index in [4.69, 9.17) is 0 Å². The summed E-state index contributed by atoms with van der Waals surface area (Å²) in [6.45, 7) is 5.59. The molecule has 0 aliphatic rings. The van der Waals surface area contributed by atoms with E-state index in [0.717, 1.165) is 11.1 Å². The molecule has 0 radical (unpaired) electrons. The number of aryl methyl sites for hydroxylation is 1. The Morgan fingerprint density at radius 3 is 2.44 bits per heavy atom. The molecule has 0 aromatic heterocycles. The van der Waals surface area contributed by atoms with Gasteiger partial charge in [0.25, 0.3) is 0 Å². The first-order valence-electron chi connectivity index (χ1n) is 6.03. The van der Waals surface area contributed by atoms with Crippen LogP contribution in [0.15, 0.2) is 24.3 Å². The summed E-state index contributed by atoms with van der Waals surface area (Å²) >= 11 is 0. The summed E-state index contributed by atoms with van der Waals surface area (Å²) in [4.78, 5) is 0. The Kier molecular flexibility index (Phi) is 5.31. The quantitative estimate of drug-likeness (QED) is 0.826. The molecule has 0 saturated heterocycles. The molecule has 2 N–H and O–H groups in total. The van der Waals surface area contributed by atoms with Crippen LogP contribution in [-0.4, -0.2) is 25.8 Å². The summed E-state index contributed by atoms with van der Waals surface area (Å²) in [6.07, 6.45) is -0.812. The van der Waals surface area contributed by atoms with Crippen LogP contribution in [-0.2, 0) is 10.0 Å². The van der Waals surface area contributed by atoms with Crippen LogP contribution in [0.1, 0.15) is 31.1 Å². The van der Waals surface area contributed by atoms with Gasteiger partial charge in [-0.15, -0.1) is 0 Å². The molecule has 4 nitrogen and oxygen atoms in total. The third-order valence-electron chi connectivity index (χ3n) is 2.60. The maximum Gasteiger partial charge on any atom is 0.211 e. The number of aliphatic hydroxyl groups excluding tert-OH is 1. The number of sulfonamides is 1. The molecule has 0 fully saturated rings. The fraction of sp³-hybridized carbons (Fsp3) is 0.538. The van der Waals surface area contributed by atoms with Crippen LogP contribution in [0.25, 0.3) is 0 Å². The molecule has 0 saturated carbocycles. The van der Waals surface area contributed by atoms with Gasteiger partial charge in [0.1, 0.15) is 0 Å². The smallest absolute Gasteiger partial charge is 0.211 e. The van der Waals surface area contributed by atoms with Crippen molar-refractivity contribution in [1.82, 2.24) is 4.72 Å². The molecule has 1 unspecified atom stereocenters. The predicted octanol–water partition coefficient (Wildman–Crippen LogP) is 1.60. The maximum absolute atomic E-state index is 11.6. The minimum atomic E-state index is -3.31. The summed E-state index contributed by atoms with van der Waals surface area (Å²) in [5.74, 6) is 0.145. The molecule has 0 heterocycles. The number of benzene rings is 1. The third-order valence-corrected chi connectivity index (χ3v) is 4.31. The van der Waals surface area contributed by atoms with Gasteiger partial charge in [0.05, 0.1) is 11.9 Å². The topological polar surface area (TPSA) is 66.4 Å². The largest absolute Gasteiger partial charge is 0.387 e.